The Balaban J connectivity index is 2.02. The predicted molar refractivity (Wildman–Crippen MR) is 110 cm³/mol. The molecule has 0 aliphatic carbocycles. The van der Waals surface area contributed by atoms with Gasteiger partial charge in [-0.25, -0.2) is 0 Å². The molecule has 2 aromatic rings. The fraction of sp³-hybridized carbons (Fsp3) is 0.217. The molecule has 2 aromatic carbocycles. The predicted octanol–water partition coefficient (Wildman–Crippen LogP) is 3.66. The number of hydrogen-bond acceptors (Lipinski definition) is 3. The average molecular weight is 357 g/mol. The normalized spacial score (nSPS) is 9.52. The van der Waals surface area contributed by atoms with Crippen LogP contribution in [0.5, 0.6) is 0 Å². The molecule has 0 heterocycles. The number of carbonyl (C=O) groups is 1. The first kappa shape index (κ1) is 19.8. The Hall–Kier alpha value is -3.50. The van der Waals surface area contributed by atoms with Crippen LogP contribution in [-0.4, -0.2) is 26.0 Å². The fourth-order valence-corrected chi connectivity index (χ4v) is 2.54. The maximum atomic E-state index is 12.2. The van der Waals surface area contributed by atoms with Crippen LogP contribution in [0.25, 0.3) is 0 Å². The summed E-state index contributed by atoms with van der Waals surface area (Å²) in [5, 5.41) is 11.9. The first-order valence-corrected chi connectivity index (χ1v) is 8.75. The molecule has 136 valence electrons. The number of benzene rings is 2. The Labute approximate surface area is 161 Å². The van der Waals surface area contributed by atoms with Crippen LogP contribution in [0, 0.1) is 30.1 Å². The minimum Gasteiger partial charge on any atom is -0.363 e. The highest BCUT2D eigenvalue weighted by molar-refractivity contribution is 5.95. The van der Waals surface area contributed by atoms with Crippen LogP contribution < -0.4 is 10.2 Å². The highest BCUT2D eigenvalue weighted by Crippen LogP contribution is 2.14. The topological polar surface area (TPSA) is 56.1 Å². The van der Waals surface area contributed by atoms with E-state index in [1.807, 2.05) is 55.3 Å². The van der Waals surface area contributed by atoms with Gasteiger partial charge in [0.2, 0.25) is 0 Å². The number of hydrogen-bond donors (Lipinski definition) is 1. The second-order valence-electron chi connectivity index (χ2n) is 6.18. The van der Waals surface area contributed by atoms with Crippen molar-refractivity contribution in [2.45, 2.75) is 13.3 Å². The Morgan fingerprint density at radius 2 is 2.07 bits per heavy atom. The Bertz CT molecular complexity index is 929. The highest BCUT2D eigenvalue weighted by Gasteiger charge is 2.08. The molecule has 0 radical (unpaired) electrons. The third kappa shape index (κ3) is 5.76. The van der Waals surface area contributed by atoms with Gasteiger partial charge in [-0.2, -0.15) is 5.26 Å². The van der Waals surface area contributed by atoms with Crippen molar-refractivity contribution in [3.63, 3.8) is 0 Å². The summed E-state index contributed by atoms with van der Waals surface area (Å²) in [6.07, 6.45) is 2.53. The van der Waals surface area contributed by atoms with Crippen molar-refractivity contribution in [3.8, 4) is 17.9 Å². The Morgan fingerprint density at radius 3 is 2.78 bits per heavy atom. The number of amides is 1. The molecule has 0 fully saturated rings. The van der Waals surface area contributed by atoms with Crippen LogP contribution in [-0.2, 0) is 0 Å². The highest BCUT2D eigenvalue weighted by atomic mass is 16.1. The maximum absolute atomic E-state index is 12.2. The van der Waals surface area contributed by atoms with Crippen molar-refractivity contribution in [2.75, 3.05) is 25.0 Å². The van der Waals surface area contributed by atoms with Crippen LogP contribution in [0.3, 0.4) is 0 Å². The summed E-state index contributed by atoms with van der Waals surface area (Å²) in [4.78, 5) is 14.1. The summed E-state index contributed by atoms with van der Waals surface area (Å²) in [7, 11) is 1.94. The summed E-state index contributed by atoms with van der Waals surface area (Å²) >= 11 is 0. The largest absolute Gasteiger partial charge is 0.363 e. The lowest BCUT2D eigenvalue weighted by molar-refractivity contribution is 0.0954. The SMILES string of the molecule is C=CCCNC(=O)c1ccc(C#CCN(C)c2cccc(C#N)c2)cc1C. The summed E-state index contributed by atoms with van der Waals surface area (Å²) in [5.41, 5.74) is 4.01. The summed E-state index contributed by atoms with van der Waals surface area (Å²) in [6.45, 7) is 6.68. The minimum absolute atomic E-state index is 0.0778. The second-order valence-corrected chi connectivity index (χ2v) is 6.18. The molecule has 0 unspecified atom stereocenters. The molecule has 4 heteroatoms. The van der Waals surface area contributed by atoms with Crippen molar-refractivity contribution < 1.29 is 4.79 Å². The molecule has 2 rings (SSSR count). The van der Waals surface area contributed by atoms with Gasteiger partial charge in [0.25, 0.3) is 5.91 Å². The fourth-order valence-electron chi connectivity index (χ4n) is 2.54. The van der Waals surface area contributed by atoms with E-state index in [2.05, 4.69) is 29.8 Å². The van der Waals surface area contributed by atoms with Gasteiger partial charge in [0.05, 0.1) is 18.2 Å². The maximum Gasteiger partial charge on any atom is 0.251 e. The number of carbonyl (C=O) groups excluding carboxylic acids is 1. The van der Waals surface area contributed by atoms with E-state index in [9.17, 15) is 4.79 Å². The molecule has 0 aliphatic rings. The molecule has 1 amide bonds. The van der Waals surface area contributed by atoms with Crippen LogP contribution in [0.2, 0.25) is 0 Å². The first-order valence-electron chi connectivity index (χ1n) is 8.75. The van der Waals surface area contributed by atoms with Crippen molar-refractivity contribution in [1.29, 1.82) is 5.26 Å². The average Bonchev–Trinajstić information content (AvgIpc) is 2.68. The van der Waals surface area contributed by atoms with E-state index in [-0.39, 0.29) is 5.91 Å². The first-order chi connectivity index (χ1) is 13.0. The molecule has 0 aliphatic heterocycles. The van der Waals surface area contributed by atoms with Crippen LogP contribution in [0.4, 0.5) is 5.69 Å². The molecular weight excluding hydrogens is 334 g/mol. The van der Waals surface area contributed by atoms with Gasteiger partial charge in [-0.15, -0.1) is 6.58 Å². The van der Waals surface area contributed by atoms with Gasteiger partial charge in [0.1, 0.15) is 0 Å². The number of anilines is 1. The molecule has 0 saturated heterocycles. The van der Waals surface area contributed by atoms with Crippen molar-refractivity contribution >= 4 is 11.6 Å². The Kier molecular flexibility index (Phi) is 7.23. The smallest absolute Gasteiger partial charge is 0.251 e. The van der Waals surface area contributed by atoms with Gasteiger partial charge >= 0.3 is 0 Å². The summed E-state index contributed by atoms with van der Waals surface area (Å²) < 4.78 is 0. The molecule has 0 bridgehead atoms. The van der Waals surface area contributed by atoms with Crippen molar-refractivity contribution in [3.05, 3.63) is 77.4 Å². The van der Waals surface area contributed by atoms with Gasteiger partial charge in [-0.3, -0.25) is 4.79 Å². The lowest BCUT2D eigenvalue weighted by Gasteiger charge is -2.15. The molecule has 4 nitrogen and oxygen atoms in total. The van der Waals surface area contributed by atoms with E-state index in [0.717, 1.165) is 23.2 Å². The van der Waals surface area contributed by atoms with E-state index in [1.165, 1.54) is 0 Å². The van der Waals surface area contributed by atoms with E-state index < -0.39 is 0 Å². The lowest BCUT2D eigenvalue weighted by Crippen LogP contribution is -2.24. The monoisotopic (exact) mass is 357 g/mol. The number of nitrogens with zero attached hydrogens (tertiary/aromatic N) is 2. The minimum atomic E-state index is -0.0778. The quantitative estimate of drug-likeness (QED) is 0.488. The second kappa shape index (κ2) is 9.85. The van der Waals surface area contributed by atoms with E-state index in [0.29, 0.717) is 24.2 Å². The molecule has 0 atom stereocenters. The van der Waals surface area contributed by atoms with E-state index in [1.54, 1.807) is 12.1 Å². The number of nitrogens with one attached hydrogen (secondary N) is 1. The molecular formula is C23H23N3O. The lowest BCUT2D eigenvalue weighted by atomic mass is 10.0. The zero-order chi connectivity index (χ0) is 19.6. The molecule has 27 heavy (non-hydrogen) atoms. The van der Waals surface area contributed by atoms with Crippen LogP contribution in [0.15, 0.2) is 55.1 Å². The van der Waals surface area contributed by atoms with Gasteiger partial charge in [-0.1, -0.05) is 24.0 Å². The molecule has 0 spiro atoms. The van der Waals surface area contributed by atoms with Crippen molar-refractivity contribution in [1.82, 2.24) is 5.32 Å². The zero-order valence-corrected chi connectivity index (χ0v) is 15.7. The van der Waals surface area contributed by atoms with E-state index >= 15 is 0 Å². The van der Waals surface area contributed by atoms with Gasteiger partial charge in [-0.05, 0) is 55.3 Å². The third-order valence-corrected chi connectivity index (χ3v) is 4.07. The standard InChI is InChI=1S/C23H23N3O/c1-4-5-13-25-23(27)22-12-11-19(15-18(22)2)9-7-14-26(3)21-10-6-8-20(16-21)17-24/h4,6,8,10-12,15-16H,1,5,13-14H2,2-3H3,(H,25,27). The van der Waals surface area contributed by atoms with E-state index in [4.69, 9.17) is 5.26 Å². The Morgan fingerprint density at radius 1 is 1.26 bits per heavy atom. The van der Waals surface area contributed by atoms with Crippen LogP contribution in [0.1, 0.15) is 33.5 Å². The summed E-state index contributed by atoms with van der Waals surface area (Å²) in [6, 6.07) is 15.2. The van der Waals surface area contributed by atoms with Gasteiger partial charge in [0.15, 0.2) is 0 Å². The number of rotatable bonds is 6. The third-order valence-electron chi connectivity index (χ3n) is 4.07. The van der Waals surface area contributed by atoms with Crippen molar-refractivity contribution in [2.24, 2.45) is 0 Å². The molecule has 0 aromatic heterocycles. The number of aryl methyl sites for hydroxylation is 1. The summed E-state index contributed by atoms with van der Waals surface area (Å²) in [5.74, 6) is 6.19. The van der Waals surface area contributed by atoms with Gasteiger partial charge < -0.3 is 10.2 Å². The molecule has 0 saturated carbocycles. The van der Waals surface area contributed by atoms with Gasteiger partial charge in [0, 0.05) is 30.4 Å². The van der Waals surface area contributed by atoms with Crippen LogP contribution >= 0.6 is 0 Å². The molecule has 1 N–H and O–H groups in total. The number of nitriles is 1. The zero-order valence-electron chi connectivity index (χ0n) is 15.7.